The van der Waals surface area contributed by atoms with Gasteiger partial charge in [-0.25, -0.2) is 23.4 Å². The molecule has 1 fully saturated rings. The van der Waals surface area contributed by atoms with Crippen LogP contribution in [0.1, 0.15) is 23.2 Å². The zero-order valence-electron chi connectivity index (χ0n) is 19.3. The van der Waals surface area contributed by atoms with Crippen LogP contribution in [0.5, 0.6) is 5.88 Å². The maximum Gasteiger partial charge on any atom is 0.262 e. The number of amides is 1. The van der Waals surface area contributed by atoms with Gasteiger partial charge in [0.25, 0.3) is 15.9 Å². The highest BCUT2D eigenvalue weighted by Gasteiger charge is 2.26. The Morgan fingerprint density at radius 2 is 2.03 bits per heavy atom. The number of benzene rings is 1. The van der Waals surface area contributed by atoms with Gasteiger partial charge in [-0.05, 0) is 43.2 Å². The van der Waals surface area contributed by atoms with Gasteiger partial charge >= 0.3 is 0 Å². The molecule has 184 valence electrons. The van der Waals surface area contributed by atoms with Crippen LogP contribution in [-0.4, -0.2) is 55.5 Å². The number of pyridine rings is 1. The zero-order chi connectivity index (χ0) is 24.9. The van der Waals surface area contributed by atoms with Gasteiger partial charge in [-0.15, -0.1) is 11.3 Å². The number of methoxy groups -OCH3 is 1. The molecular weight excluding hydrogens is 500 g/mol. The number of fused-ring (bicyclic) bond motifs is 9. The van der Waals surface area contributed by atoms with E-state index in [4.69, 9.17) is 4.74 Å². The average Bonchev–Trinajstić information content (AvgIpc) is 3.33. The quantitative estimate of drug-likeness (QED) is 0.390. The number of aromatic nitrogens is 3. The molecule has 3 aromatic heterocycles. The molecule has 0 spiro atoms. The van der Waals surface area contributed by atoms with Crippen molar-refractivity contribution in [1.82, 2.24) is 20.3 Å². The molecule has 2 aliphatic heterocycles. The molecule has 0 unspecified atom stereocenters. The van der Waals surface area contributed by atoms with Crippen LogP contribution in [0.3, 0.4) is 0 Å². The highest BCUT2D eigenvalue weighted by atomic mass is 32.2. The predicted octanol–water partition coefficient (Wildman–Crippen LogP) is 3.27. The third kappa shape index (κ3) is 4.01. The maximum atomic E-state index is 13.3. The summed E-state index contributed by atoms with van der Waals surface area (Å²) in [6.45, 7) is 1.41. The van der Waals surface area contributed by atoms with Gasteiger partial charge in [0.1, 0.15) is 17.8 Å². The van der Waals surface area contributed by atoms with Crippen molar-refractivity contribution in [2.75, 3.05) is 29.8 Å². The minimum absolute atomic E-state index is 0.0314. The number of ether oxygens (including phenoxy) is 1. The Morgan fingerprint density at radius 3 is 2.89 bits per heavy atom. The fourth-order valence-corrected chi connectivity index (χ4v) is 6.80. The largest absolute Gasteiger partial charge is 0.480 e. The predicted molar refractivity (Wildman–Crippen MR) is 137 cm³/mol. The standard InChI is InChI=1S/C24H22N6O4S2/c1-34-24-19-9-15(11-25-24)20-10-18-21(35-20)22(27-13-26-18)30-7-3-5-16(12-30)28-23(31)14-4-2-6-17(8-14)36(32,33)29-19/h2,4,6,8-11,13,16,29H,3,5,7,12H2,1H3,(H,28,31)/t16-/m1/s1. The van der Waals surface area contributed by atoms with Gasteiger partial charge in [0.05, 0.1) is 22.2 Å². The Morgan fingerprint density at radius 1 is 1.14 bits per heavy atom. The van der Waals surface area contributed by atoms with Crippen molar-refractivity contribution in [3.8, 4) is 16.3 Å². The van der Waals surface area contributed by atoms with Crippen LogP contribution in [0.25, 0.3) is 20.7 Å². The molecule has 8 bridgehead atoms. The lowest BCUT2D eigenvalue weighted by Crippen LogP contribution is -2.48. The van der Waals surface area contributed by atoms with Crippen LogP contribution in [0.4, 0.5) is 11.5 Å². The lowest BCUT2D eigenvalue weighted by Gasteiger charge is -2.34. The van der Waals surface area contributed by atoms with Crippen molar-refractivity contribution in [2.45, 2.75) is 23.8 Å². The van der Waals surface area contributed by atoms with E-state index in [9.17, 15) is 13.2 Å². The van der Waals surface area contributed by atoms with Gasteiger partial charge in [-0.3, -0.25) is 9.52 Å². The SMILES string of the molecule is COc1ncc2cc1NS(=O)(=O)c1cccc(c1)C(=O)N[C@@H]1CCCN(C1)c1ncnc3cc-2sc13. The van der Waals surface area contributed by atoms with Gasteiger partial charge in [0, 0.05) is 41.3 Å². The first-order chi connectivity index (χ1) is 17.4. The Labute approximate surface area is 211 Å². The molecule has 1 atom stereocenters. The monoisotopic (exact) mass is 522 g/mol. The zero-order valence-corrected chi connectivity index (χ0v) is 20.9. The Bertz CT molecular complexity index is 1600. The van der Waals surface area contributed by atoms with E-state index < -0.39 is 10.0 Å². The van der Waals surface area contributed by atoms with E-state index in [1.165, 1.54) is 30.6 Å². The van der Waals surface area contributed by atoms with Crippen molar-refractivity contribution < 1.29 is 17.9 Å². The molecule has 1 aromatic carbocycles. The van der Waals surface area contributed by atoms with Gasteiger partial charge in [-0.2, -0.15) is 0 Å². The van der Waals surface area contributed by atoms with E-state index in [-0.39, 0.29) is 34.0 Å². The van der Waals surface area contributed by atoms with Crippen molar-refractivity contribution in [3.63, 3.8) is 0 Å². The number of rotatable bonds is 1. The molecule has 1 saturated heterocycles. The number of hydrogen-bond acceptors (Lipinski definition) is 9. The number of thiophene rings is 1. The topological polar surface area (TPSA) is 126 Å². The molecule has 0 saturated carbocycles. The second kappa shape index (κ2) is 8.71. The number of piperidine rings is 1. The van der Waals surface area contributed by atoms with Crippen molar-refractivity contribution in [2.24, 2.45) is 0 Å². The molecular formula is C24H22N6O4S2. The molecule has 1 amide bonds. The summed E-state index contributed by atoms with van der Waals surface area (Å²) in [6, 6.07) is 9.51. The minimum atomic E-state index is -4.03. The van der Waals surface area contributed by atoms with Crippen molar-refractivity contribution in [3.05, 3.63) is 54.5 Å². The van der Waals surface area contributed by atoms with E-state index in [1.807, 2.05) is 6.07 Å². The molecule has 6 rings (SSSR count). The van der Waals surface area contributed by atoms with E-state index in [1.54, 1.807) is 30.7 Å². The number of nitrogens with zero attached hydrogens (tertiary/aromatic N) is 4. The van der Waals surface area contributed by atoms with E-state index in [0.717, 1.165) is 40.3 Å². The average molecular weight is 523 g/mol. The Kier molecular flexibility index (Phi) is 5.49. The maximum absolute atomic E-state index is 13.3. The fourth-order valence-electron chi connectivity index (χ4n) is 4.60. The van der Waals surface area contributed by atoms with Crippen LogP contribution >= 0.6 is 11.3 Å². The van der Waals surface area contributed by atoms with Crippen LogP contribution < -0.4 is 19.7 Å². The highest BCUT2D eigenvalue weighted by molar-refractivity contribution is 7.92. The summed E-state index contributed by atoms with van der Waals surface area (Å²) in [7, 11) is -2.60. The molecule has 2 aliphatic rings. The van der Waals surface area contributed by atoms with Crippen molar-refractivity contribution in [1.29, 1.82) is 0 Å². The third-order valence-corrected chi connectivity index (χ3v) is 8.86. The van der Waals surface area contributed by atoms with E-state index in [2.05, 4.69) is 29.9 Å². The van der Waals surface area contributed by atoms with Gasteiger partial charge in [0.2, 0.25) is 5.88 Å². The lowest BCUT2D eigenvalue weighted by atomic mass is 10.0. The number of anilines is 2. The third-order valence-electron chi connectivity index (χ3n) is 6.33. The summed E-state index contributed by atoms with van der Waals surface area (Å²) >= 11 is 1.52. The van der Waals surface area contributed by atoms with Crippen LogP contribution in [0, 0.1) is 0 Å². The Balaban J connectivity index is 1.54. The smallest absolute Gasteiger partial charge is 0.262 e. The molecule has 10 nitrogen and oxygen atoms in total. The first-order valence-electron chi connectivity index (χ1n) is 11.4. The van der Waals surface area contributed by atoms with E-state index >= 15 is 0 Å². The summed E-state index contributed by atoms with van der Waals surface area (Å²) in [5.41, 5.74) is 1.97. The Hall–Kier alpha value is -3.77. The second-order valence-electron chi connectivity index (χ2n) is 8.70. The number of hydrogen-bond donors (Lipinski definition) is 2. The van der Waals surface area contributed by atoms with E-state index in [0.29, 0.717) is 12.1 Å². The summed E-state index contributed by atoms with van der Waals surface area (Å²) in [6.07, 6.45) is 4.90. The van der Waals surface area contributed by atoms with Crippen LogP contribution in [0.15, 0.2) is 53.8 Å². The minimum Gasteiger partial charge on any atom is -0.480 e. The molecule has 5 heterocycles. The van der Waals surface area contributed by atoms with Crippen LogP contribution in [0.2, 0.25) is 0 Å². The number of carbonyl (C=O) groups is 1. The molecule has 4 aromatic rings. The summed E-state index contributed by atoms with van der Waals surface area (Å²) in [4.78, 5) is 29.5. The summed E-state index contributed by atoms with van der Waals surface area (Å²) in [5, 5.41) is 3.07. The second-order valence-corrected chi connectivity index (χ2v) is 11.4. The lowest BCUT2D eigenvalue weighted by molar-refractivity contribution is 0.0933. The summed E-state index contributed by atoms with van der Waals surface area (Å²) < 4.78 is 35.4. The fraction of sp³-hybridized carbons (Fsp3) is 0.250. The number of nitrogens with one attached hydrogen (secondary N) is 2. The van der Waals surface area contributed by atoms with Crippen molar-refractivity contribution >= 4 is 49.0 Å². The van der Waals surface area contributed by atoms with Gasteiger partial charge in [-0.1, -0.05) is 6.07 Å². The number of sulfonamides is 1. The first-order valence-corrected chi connectivity index (χ1v) is 13.7. The first kappa shape index (κ1) is 22.7. The molecule has 2 N–H and O–H groups in total. The normalized spacial score (nSPS) is 18.9. The molecule has 0 radical (unpaired) electrons. The molecule has 36 heavy (non-hydrogen) atoms. The highest BCUT2D eigenvalue weighted by Crippen LogP contribution is 2.39. The molecule has 12 heteroatoms. The van der Waals surface area contributed by atoms with Gasteiger partial charge < -0.3 is 15.0 Å². The number of carbonyl (C=O) groups excluding carboxylic acids is 1. The molecule has 0 aliphatic carbocycles. The summed E-state index contributed by atoms with van der Waals surface area (Å²) in [5.74, 6) is 0.634. The van der Waals surface area contributed by atoms with Gasteiger partial charge in [0.15, 0.2) is 0 Å². The van der Waals surface area contributed by atoms with Crippen LogP contribution in [-0.2, 0) is 10.0 Å².